The minimum atomic E-state index is 0.476. The average Bonchev–Trinajstić information content (AvgIpc) is 2.88. The molecule has 0 N–H and O–H groups in total. The number of halogens is 2. The highest BCUT2D eigenvalue weighted by Crippen LogP contribution is 2.28. The van der Waals surface area contributed by atoms with Crippen molar-refractivity contribution < 1.29 is 0 Å². The summed E-state index contributed by atoms with van der Waals surface area (Å²) in [6.45, 7) is 5.44. The first-order valence-corrected chi connectivity index (χ1v) is 9.04. The van der Waals surface area contributed by atoms with E-state index in [1.165, 1.54) is 20.6 Å². The molecule has 0 spiro atoms. The normalized spacial score (nSPS) is 11.0. The maximum Gasteiger partial charge on any atom is 0.0525 e. The van der Waals surface area contributed by atoms with Crippen molar-refractivity contribution in [1.82, 2.24) is 0 Å². The molecule has 0 saturated heterocycles. The summed E-state index contributed by atoms with van der Waals surface area (Å²) in [6.07, 6.45) is 0. The van der Waals surface area contributed by atoms with Crippen molar-refractivity contribution >= 4 is 48.9 Å². The molecule has 0 amide bonds. The van der Waals surface area contributed by atoms with E-state index in [9.17, 15) is 0 Å². The van der Waals surface area contributed by atoms with Crippen LogP contribution < -0.4 is 4.90 Å². The Morgan fingerprint density at radius 1 is 1.26 bits per heavy atom. The van der Waals surface area contributed by atoms with E-state index in [-0.39, 0.29) is 0 Å². The predicted octanol–water partition coefficient (Wildman–Crippen LogP) is 5.82. The molecule has 0 fully saturated rings. The van der Waals surface area contributed by atoms with E-state index in [2.05, 4.69) is 86.3 Å². The van der Waals surface area contributed by atoms with Gasteiger partial charge in [-0.1, -0.05) is 44.0 Å². The Bertz CT molecular complexity index is 523. The van der Waals surface area contributed by atoms with E-state index < -0.39 is 0 Å². The summed E-state index contributed by atoms with van der Waals surface area (Å²) < 4.78 is 1.17. The quantitative estimate of drug-likeness (QED) is 0.569. The van der Waals surface area contributed by atoms with E-state index in [4.69, 9.17) is 0 Å². The summed E-state index contributed by atoms with van der Waals surface area (Å²) >= 11 is 8.97. The Balaban J connectivity index is 2.26. The van der Waals surface area contributed by atoms with Crippen LogP contribution in [0, 0.1) is 0 Å². The van der Waals surface area contributed by atoms with Crippen LogP contribution in [0.1, 0.15) is 24.3 Å². The molecule has 0 bridgehead atoms. The van der Waals surface area contributed by atoms with E-state index in [1.54, 1.807) is 0 Å². The van der Waals surface area contributed by atoms with Crippen molar-refractivity contribution in [2.24, 2.45) is 0 Å². The molecule has 19 heavy (non-hydrogen) atoms. The van der Waals surface area contributed by atoms with Crippen molar-refractivity contribution in [2.75, 3.05) is 4.90 Å². The summed E-state index contributed by atoms with van der Waals surface area (Å²) in [5.74, 6) is 0. The van der Waals surface area contributed by atoms with E-state index in [1.807, 2.05) is 11.3 Å². The first-order chi connectivity index (χ1) is 9.11. The smallest absolute Gasteiger partial charge is 0.0525 e. The number of hydrogen-bond acceptors (Lipinski definition) is 2. The second-order valence-corrected chi connectivity index (χ2v) is 7.16. The third-order valence-corrected chi connectivity index (χ3v) is 5.25. The SMILES string of the molecule is CC(C)N(Cc1cccs1)c1ccc(CBr)c(Br)c1. The van der Waals surface area contributed by atoms with Gasteiger partial charge in [-0.3, -0.25) is 0 Å². The second-order valence-electron chi connectivity index (χ2n) is 4.71. The first kappa shape index (κ1) is 15.1. The molecule has 1 nitrogen and oxygen atoms in total. The van der Waals surface area contributed by atoms with Crippen LogP contribution in [0.2, 0.25) is 0 Å². The molecule has 4 heteroatoms. The first-order valence-electron chi connectivity index (χ1n) is 6.25. The fraction of sp³-hybridized carbons (Fsp3) is 0.333. The lowest BCUT2D eigenvalue weighted by molar-refractivity contribution is 0.687. The van der Waals surface area contributed by atoms with Gasteiger partial charge < -0.3 is 4.90 Å². The van der Waals surface area contributed by atoms with Crippen LogP contribution in [0.4, 0.5) is 5.69 Å². The number of thiophene rings is 1. The molecule has 1 heterocycles. The van der Waals surface area contributed by atoms with E-state index in [0.29, 0.717) is 6.04 Å². The van der Waals surface area contributed by atoms with Crippen molar-refractivity contribution in [3.63, 3.8) is 0 Å². The highest BCUT2D eigenvalue weighted by Gasteiger charge is 2.13. The van der Waals surface area contributed by atoms with Gasteiger partial charge in [0.25, 0.3) is 0 Å². The van der Waals surface area contributed by atoms with Gasteiger partial charge in [0.2, 0.25) is 0 Å². The number of anilines is 1. The van der Waals surface area contributed by atoms with Crippen LogP contribution in [0.15, 0.2) is 40.2 Å². The Labute approximate surface area is 135 Å². The summed E-state index contributed by atoms with van der Waals surface area (Å²) in [7, 11) is 0. The fourth-order valence-corrected chi connectivity index (χ4v) is 4.04. The second kappa shape index (κ2) is 6.91. The molecule has 0 unspecified atom stereocenters. The Morgan fingerprint density at radius 2 is 2.05 bits per heavy atom. The Morgan fingerprint density at radius 3 is 2.58 bits per heavy atom. The third-order valence-electron chi connectivity index (χ3n) is 3.04. The van der Waals surface area contributed by atoms with Crippen LogP contribution >= 0.6 is 43.2 Å². The largest absolute Gasteiger partial charge is 0.364 e. The summed E-state index contributed by atoms with van der Waals surface area (Å²) in [6, 6.07) is 11.4. The monoisotopic (exact) mass is 401 g/mol. The van der Waals surface area contributed by atoms with E-state index >= 15 is 0 Å². The molecule has 0 atom stereocenters. The predicted molar refractivity (Wildman–Crippen MR) is 92.4 cm³/mol. The van der Waals surface area contributed by atoms with E-state index in [0.717, 1.165) is 11.9 Å². The Hall–Kier alpha value is -0.320. The lowest BCUT2D eigenvalue weighted by Gasteiger charge is -2.29. The van der Waals surface area contributed by atoms with Crippen LogP contribution in [0.5, 0.6) is 0 Å². The van der Waals surface area contributed by atoms with Gasteiger partial charge in [0.15, 0.2) is 0 Å². The molecule has 2 rings (SSSR count). The molecule has 0 radical (unpaired) electrons. The number of rotatable bonds is 5. The molecular formula is C15H17Br2NS. The number of hydrogen-bond donors (Lipinski definition) is 0. The Kier molecular flexibility index (Phi) is 5.48. The highest BCUT2D eigenvalue weighted by atomic mass is 79.9. The van der Waals surface area contributed by atoms with Gasteiger partial charge in [0.1, 0.15) is 0 Å². The van der Waals surface area contributed by atoms with Gasteiger partial charge in [0, 0.05) is 26.4 Å². The maximum absolute atomic E-state index is 3.65. The highest BCUT2D eigenvalue weighted by molar-refractivity contribution is 9.10. The minimum absolute atomic E-state index is 0.476. The standard InChI is InChI=1S/C15H17Br2NS/c1-11(2)18(10-14-4-3-7-19-14)13-6-5-12(9-16)15(17)8-13/h3-8,11H,9-10H2,1-2H3. The van der Waals surface area contributed by atoms with Crippen LogP contribution in [0.3, 0.4) is 0 Å². The van der Waals surface area contributed by atoms with Gasteiger partial charge in [0.05, 0.1) is 6.54 Å². The molecule has 0 aliphatic rings. The van der Waals surface area contributed by atoms with Crippen LogP contribution in [-0.4, -0.2) is 6.04 Å². The van der Waals surface area contributed by atoms with Crippen LogP contribution in [-0.2, 0) is 11.9 Å². The molecule has 102 valence electrons. The summed E-state index contributed by atoms with van der Waals surface area (Å²) in [4.78, 5) is 3.82. The van der Waals surface area contributed by atoms with Gasteiger partial charge >= 0.3 is 0 Å². The van der Waals surface area contributed by atoms with Crippen LogP contribution in [0.25, 0.3) is 0 Å². The lowest BCUT2D eigenvalue weighted by Crippen LogP contribution is -2.29. The minimum Gasteiger partial charge on any atom is -0.364 e. The molecule has 1 aromatic heterocycles. The zero-order valence-electron chi connectivity index (χ0n) is 11.1. The molecular weight excluding hydrogens is 386 g/mol. The zero-order valence-corrected chi connectivity index (χ0v) is 15.1. The number of alkyl halides is 1. The maximum atomic E-state index is 3.65. The van der Waals surface area contributed by atoms with Gasteiger partial charge in [-0.15, -0.1) is 11.3 Å². The molecule has 0 saturated carbocycles. The van der Waals surface area contributed by atoms with Gasteiger partial charge in [-0.2, -0.15) is 0 Å². The number of nitrogens with zero attached hydrogens (tertiary/aromatic N) is 1. The summed E-state index contributed by atoms with van der Waals surface area (Å²) in [5.41, 5.74) is 2.54. The molecule has 0 aliphatic heterocycles. The average molecular weight is 403 g/mol. The number of benzene rings is 1. The molecule has 1 aromatic carbocycles. The van der Waals surface area contributed by atoms with Crippen molar-refractivity contribution in [3.05, 3.63) is 50.6 Å². The molecule has 0 aliphatic carbocycles. The fourth-order valence-electron chi connectivity index (χ4n) is 1.97. The third kappa shape index (κ3) is 3.83. The van der Waals surface area contributed by atoms with Crippen molar-refractivity contribution in [1.29, 1.82) is 0 Å². The van der Waals surface area contributed by atoms with Crippen molar-refractivity contribution in [2.45, 2.75) is 31.8 Å². The van der Waals surface area contributed by atoms with Crippen molar-refractivity contribution in [3.8, 4) is 0 Å². The topological polar surface area (TPSA) is 3.24 Å². The zero-order chi connectivity index (χ0) is 13.8. The summed E-state index contributed by atoms with van der Waals surface area (Å²) in [5, 5.41) is 3.01. The van der Waals surface area contributed by atoms with Gasteiger partial charge in [-0.05, 0) is 43.0 Å². The molecule has 2 aromatic rings. The lowest BCUT2D eigenvalue weighted by atomic mass is 10.2. The van der Waals surface area contributed by atoms with Gasteiger partial charge in [-0.25, -0.2) is 0 Å².